The van der Waals surface area contributed by atoms with Gasteiger partial charge in [0, 0.05) is 24.4 Å². The smallest absolute Gasteiger partial charge is 0.275 e. The van der Waals surface area contributed by atoms with Crippen LogP contribution in [0.4, 0.5) is 13.2 Å². The van der Waals surface area contributed by atoms with Crippen LogP contribution in [0.5, 0.6) is 0 Å². The van der Waals surface area contributed by atoms with E-state index >= 15 is 0 Å². The van der Waals surface area contributed by atoms with Crippen LogP contribution in [-0.4, -0.2) is 29.4 Å². The van der Waals surface area contributed by atoms with Gasteiger partial charge in [0.15, 0.2) is 5.69 Å². The summed E-state index contributed by atoms with van der Waals surface area (Å²) in [5.41, 5.74) is 1.91. The van der Waals surface area contributed by atoms with Gasteiger partial charge in [-0.25, -0.2) is 9.97 Å². The van der Waals surface area contributed by atoms with E-state index in [1.54, 1.807) is 4.68 Å². The van der Waals surface area contributed by atoms with Crippen molar-refractivity contribution in [3.63, 3.8) is 0 Å². The van der Waals surface area contributed by atoms with Crippen LogP contribution in [0.1, 0.15) is 5.69 Å². The van der Waals surface area contributed by atoms with Crippen molar-refractivity contribution in [3.05, 3.63) is 54.6 Å². The average Bonchev–Trinajstić information content (AvgIpc) is 3.20. The Morgan fingerprint density at radius 2 is 1.84 bits per heavy atom. The lowest BCUT2D eigenvalue weighted by atomic mass is 10.1. The monoisotopic (exact) mass is 344 g/mol. The minimum absolute atomic E-state index is 0.104. The van der Waals surface area contributed by atoms with Crippen molar-refractivity contribution in [2.24, 2.45) is 7.05 Å². The van der Waals surface area contributed by atoms with Crippen molar-refractivity contribution in [3.8, 4) is 22.5 Å². The van der Waals surface area contributed by atoms with Gasteiger partial charge in [0.2, 0.25) is 0 Å². The summed E-state index contributed by atoms with van der Waals surface area (Å²) in [5.74, 6) is -0.104. The van der Waals surface area contributed by atoms with Gasteiger partial charge in [0.1, 0.15) is 0 Å². The van der Waals surface area contributed by atoms with Gasteiger partial charge >= 0.3 is 6.18 Å². The molecule has 0 aliphatic carbocycles. The fourth-order valence-electron chi connectivity index (χ4n) is 2.52. The summed E-state index contributed by atoms with van der Waals surface area (Å²) in [6.45, 7) is 0. The minimum atomic E-state index is -4.56. The Morgan fingerprint density at radius 1 is 1.04 bits per heavy atom. The molecule has 6 nitrogen and oxygen atoms in total. The van der Waals surface area contributed by atoms with Gasteiger partial charge in [0.05, 0.1) is 23.8 Å². The molecule has 0 fully saturated rings. The van der Waals surface area contributed by atoms with Crippen LogP contribution in [0.15, 0.2) is 48.9 Å². The lowest BCUT2D eigenvalue weighted by molar-refractivity contribution is -0.141. The van der Waals surface area contributed by atoms with Crippen LogP contribution in [0.2, 0.25) is 0 Å². The molecule has 0 bridgehead atoms. The average molecular weight is 344 g/mol. The zero-order valence-corrected chi connectivity index (χ0v) is 12.9. The van der Waals surface area contributed by atoms with Gasteiger partial charge in [0.25, 0.3) is 5.78 Å². The first-order chi connectivity index (χ1) is 11.9. The van der Waals surface area contributed by atoms with E-state index in [0.29, 0.717) is 11.9 Å². The molecule has 3 heterocycles. The fourth-order valence-corrected chi connectivity index (χ4v) is 2.52. The normalized spacial score (nSPS) is 12.0. The Labute approximate surface area is 139 Å². The molecule has 4 rings (SSSR count). The number of aromatic nitrogens is 6. The number of halogens is 3. The number of hydrogen-bond acceptors (Lipinski definition) is 4. The first-order valence-electron chi connectivity index (χ1n) is 7.30. The molecule has 4 aromatic rings. The Bertz CT molecular complexity index is 1060. The third-order valence-corrected chi connectivity index (χ3v) is 3.69. The quantitative estimate of drug-likeness (QED) is 0.560. The molecule has 0 saturated carbocycles. The lowest BCUT2D eigenvalue weighted by Crippen LogP contribution is -2.11. The molecule has 0 N–H and O–H groups in total. The Balaban J connectivity index is 1.80. The Hall–Kier alpha value is -3.23. The van der Waals surface area contributed by atoms with E-state index in [-0.39, 0.29) is 5.78 Å². The van der Waals surface area contributed by atoms with Crippen molar-refractivity contribution >= 4 is 5.78 Å². The summed E-state index contributed by atoms with van der Waals surface area (Å²) < 4.78 is 41.2. The molecule has 1 aromatic carbocycles. The third-order valence-electron chi connectivity index (χ3n) is 3.69. The highest BCUT2D eigenvalue weighted by molar-refractivity contribution is 5.70. The zero-order valence-electron chi connectivity index (χ0n) is 12.9. The number of benzene rings is 1. The van der Waals surface area contributed by atoms with Gasteiger partial charge in [-0.05, 0) is 12.1 Å². The number of fused-ring (bicyclic) bond motifs is 1. The molecule has 0 atom stereocenters. The second-order valence-corrected chi connectivity index (χ2v) is 5.45. The minimum Gasteiger partial charge on any atom is -0.275 e. The first kappa shape index (κ1) is 15.3. The zero-order chi connectivity index (χ0) is 17.6. The van der Waals surface area contributed by atoms with Crippen LogP contribution in [-0.2, 0) is 13.2 Å². The maximum Gasteiger partial charge on any atom is 0.435 e. The van der Waals surface area contributed by atoms with Crippen molar-refractivity contribution in [2.45, 2.75) is 6.18 Å². The van der Waals surface area contributed by atoms with E-state index in [2.05, 4.69) is 20.2 Å². The molecule has 0 aliphatic rings. The van der Waals surface area contributed by atoms with Crippen molar-refractivity contribution in [1.82, 2.24) is 29.4 Å². The predicted molar refractivity (Wildman–Crippen MR) is 83.4 cm³/mol. The highest BCUT2D eigenvalue weighted by Crippen LogP contribution is 2.29. The van der Waals surface area contributed by atoms with E-state index < -0.39 is 11.9 Å². The fraction of sp³-hybridized carbons (Fsp3) is 0.125. The second-order valence-electron chi connectivity index (χ2n) is 5.45. The van der Waals surface area contributed by atoms with Crippen molar-refractivity contribution in [2.75, 3.05) is 0 Å². The first-order valence-corrected chi connectivity index (χ1v) is 7.30. The van der Waals surface area contributed by atoms with Crippen LogP contribution >= 0.6 is 0 Å². The molecular formula is C16H11F3N6. The van der Waals surface area contributed by atoms with E-state index in [1.165, 1.54) is 10.7 Å². The Morgan fingerprint density at radius 3 is 2.56 bits per heavy atom. The van der Waals surface area contributed by atoms with Crippen LogP contribution in [0, 0.1) is 0 Å². The van der Waals surface area contributed by atoms with Crippen LogP contribution < -0.4 is 0 Å². The topological polar surface area (TPSA) is 60.9 Å². The van der Waals surface area contributed by atoms with Gasteiger partial charge in [-0.3, -0.25) is 4.68 Å². The molecule has 9 heteroatoms. The van der Waals surface area contributed by atoms with E-state index in [1.807, 2.05) is 43.6 Å². The van der Waals surface area contributed by atoms with Crippen molar-refractivity contribution in [1.29, 1.82) is 0 Å². The van der Waals surface area contributed by atoms with Gasteiger partial charge in [-0.1, -0.05) is 18.2 Å². The van der Waals surface area contributed by atoms with E-state index in [9.17, 15) is 13.2 Å². The molecule has 0 aliphatic heterocycles. The summed E-state index contributed by atoms with van der Waals surface area (Å²) in [6.07, 6.45) is -0.575. The number of aryl methyl sites for hydroxylation is 1. The number of imidazole rings is 1. The summed E-state index contributed by atoms with van der Waals surface area (Å²) in [7, 11) is 1.83. The molecule has 3 aromatic heterocycles. The van der Waals surface area contributed by atoms with E-state index in [0.717, 1.165) is 16.8 Å². The molecule has 0 radical (unpaired) electrons. The predicted octanol–water partition coefficient (Wildman–Crippen LogP) is 3.21. The number of alkyl halides is 3. The maximum atomic E-state index is 12.7. The van der Waals surface area contributed by atoms with Crippen LogP contribution in [0.25, 0.3) is 28.3 Å². The largest absolute Gasteiger partial charge is 0.435 e. The summed E-state index contributed by atoms with van der Waals surface area (Å²) in [4.78, 5) is 7.47. The van der Waals surface area contributed by atoms with Gasteiger partial charge in [-0.2, -0.15) is 27.9 Å². The molecule has 0 saturated heterocycles. The van der Waals surface area contributed by atoms with Gasteiger partial charge < -0.3 is 0 Å². The molecule has 25 heavy (non-hydrogen) atoms. The highest BCUT2D eigenvalue weighted by atomic mass is 19.4. The summed E-state index contributed by atoms with van der Waals surface area (Å²) in [5, 5.41) is 8.19. The highest BCUT2D eigenvalue weighted by Gasteiger charge is 2.33. The summed E-state index contributed by atoms with van der Waals surface area (Å²) >= 11 is 0. The standard InChI is InChI=1S/C16H11F3N6/c1-24-6-5-12(23-24)10-3-2-4-11(7-10)13-8-20-15-22-14(16(17,18)19)9-21-25(13)15/h2-9H,1H3. The maximum absolute atomic E-state index is 12.7. The lowest BCUT2D eigenvalue weighted by Gasteiger charge is -2.06. The Kier molecular flexibility index (Phi) is 3.31. The SMILES string of the molecule is Cn1ccc(-c2cccc(-c3cnc4nc(C(F)(F)F)cnn34)c2)n1. The summed E-state index contributed by atoms with van der Waals surface area (Å²) in [6, 6.07) is 9.34. The molecule has 126 valence electrons. The second kappa shape index (κ2) is 5.40. The third kappa shape index (κ3) is 2.73. The molecule has 0 spiro atoms. The number of nitrogens with zero attached hydrogens (tertiary/aromatic N) is 6. The number of rotatable bonds is 2. The van der Waals surface area contributed by atoms with Crippen LogP contribution in [0.3, 0.4) is 0 Å². The molecule has 0 unspecified atom stereocenters. The molecular weight excluding hydrogens is 333 g/mol. The number of hydrogen-bond donors (Lipinski definition) is 0. The van der Waals surface area contributed by atoms with Crippen molar-refractivity contribution < 1.29 is 13.2 Å². The van der Waals surface area contributed by atoms with Gasteiger partial charge in [-0.15, -0.1) is 0 Å². The van der Waals surface area contributed by atoms with E-state index in [4.69, 9.17) is 0 Å². The molecule has 0 amide bonds.